The van der Waals surface area contributed by atoms with Gasteiger partial charge in [0.25, 0.3) is 0 Å². The smallest absolute Gasteiger partial charge is 0.166 e. The molecule has 25 heavy (non-hydrogen) atoms. The van der Waals surface area contributed by atoms with Crippen LogP contribution < -0.4 is 14.8 Å². The topological polar surface area (TPSA) is 48.3 Å². The summed E-state index contributed by atoms with van der Waals surface area (Å²) >= 11 is 0. The minimum atomic E-state index is 0.153. The number of nitrogens with one attached hydrogen (secondary N) is 1. The highest BCUT2D eigenvalue weighted by atomic mass is 16.5. The predicted octanol–water partition coefficient (Wildman–Crippen LogP) is 3.87. The molecule has 136 valence electrons. The normalized spacial score (nSPS) is 12.2. The molecule has 1 N–H and O–H groups in total. The number of methoxy groups -OCH3 is 1. The quantitative estimate of drug-likeness (QED) is 0.702. The summed E-state index contributed by atoms with van der Waals surface area (Å²) in [5, 5.41) is 3.62. The summed E-state index contributed by atoms with van der Waals surface area (Å²) in [6.07, 6.45) is 3.80. The molecule has 1 aromatic heterocycles. The Morgan fingerprint density at radius 2 is 2.12 bits per heavy atom. The van der Waals surface area contributed by atoms with Crippen molar-refractivity contribution in [2.75, 3.05) is 13.7 Å². The van der Waals surface area contributed by atoms with Crippen LogP contribution in [0, 0.1) is 5.92 Å². The van der Waals surface area contributed by atoms with Crippen molar-refractivity contribution in [1.29, 1.82) is 0 Å². The van der Waals surface area contributed by atoms with Crippen LogP contribution in [-0.4, -0.2) is 23.3 Å². The predicted molar refractivity (Wildman–Crippen MR) is 101 cm³/mol. The summed E-state index contributed by atoms with van der Waals surface area (Å²) in [5.74, 6) is 2.94. The Labute approximate surface area is 150 Å². The van der Waals surface area contributed by atoms with Crippen molar-refractivity contribution in [3.63, 3.8) is 0 Å². The molecule has 0 saturated carbocycles. The van der Waals surface area contributed by atoms with Crippen molar-refractivity contribution < 1.29 is 9.47 Å². The molecule has 1 heterocycles. The fourth-order valence-corrected chi connectivity index (χ4v) is 2.74. The summed E-state index contributed by atoms with van der Waals surface area (Å²) in [5.41, 5.74) is 2.03. The summed E-state index contributed by atoms with van der Waals surface area (Å²) < 4.78 is 13.5. The number of benzene rings is 1. The number of hydrogen-bond donors (Lipinski definition) is 1. The van der Waals surface area contributed by atoms with Crippen molar-refractivity contribution in [3.05, 3.63) is 54.1 Å². The van der Waals surface area contributed by atoms with E-state index >= 15 is 0 Å². The van der Waals surface area contributed by atoms with Gasteiger partial charge in [0.15, 0.2) is 11.5 Å². The zero-order chi connectivity index (χ0) is 18.4. The Bertz CT molecular complexity index is 707. The highest BCUT2D eigenvalue weighted by Crippen LogP contribution is 2.32. The van der Waals surface area contributed by atoms with Crippen LogP contribution in [0.5, 0.6) is 11.5 Å². The molecule has 0 saturated heterocycles. The highest BCUT2D eigenvalue weighted by molar-refractivity contribution is 5.46. The maximum atomic E-state index is 5.94. The first-order valence-electron chi connectivity index (χ1n) is 8.57. The first-order chi connectivity index (χ1) is 11.9. The molecule has 0 fully saturated rings. The summed E-state index contributed by atoms with van der Waals surface area (Å²) in [6.45, 7) is 11.4. The van der Waals surface area contributed by atoms with Crippen LogP contribution >= 0.6 is 0 Å². The second-order valence-corrected chi connectivity index (χ2v) is 6.69. The number of aromatic nitrogens is 2. The fraction of sp³-hybridized carbons (Fsp3) is 0.450. The number of imidazole rings is 1. The zero-order valence-corrected chi connectivity index (χ0v) is 15.9. The lowest BCUT2D eigenvalue weighted by molar-refractivity contribution is 0.312. The second-order valence-electron chi connectivity index (χ2n) is 6.69. The van der Waals surface area contributed by atoms with Gasteiger partial charge in [-0.25, -0.2) is 4.98 Å². The SMILES string of the molecule is C=C(C)COc1c(CNC(c2nccn2C)C(C)C)cccc1OC. The molecule has 0 aliphatic rings. The van der Waals surface area contributed by atoms with Crippen LogP contribution in [0.3, 0.4) is 0 Å². The third-order valence-electron chi connectivity index (χ3n) is 4.06. The van der Waals surface area contributed by atoms with Crippen LogP contribution in [-0.2, 0) is 13.6 Å². The number of aryl methyl sites for hydroxylation is 1. The average Bonchev–Trinajstić information content (AvgIpc) is 2.99. The number of rotatable bonds is 9. The molecule has 0 radical (unpaired) electrons. The van der Waals surface area contributed by atoms with Gasteiger partial charge in [0.2, 0.25) is 0 Å². The van der Waals surface area contributed by atoms with Gasteiger partial charge in [-0.05, 0) is 24.5 Å². The molecule has 2 rings (SSSR count). The Morgan fingerprint density at radius 3 is 2.68 bits per heavy atom. The van der Waals surface area contributed by atoms with Gasteiger partial charge in [-0.3, -0.25) is 0 Å². The van der Waals surface area contributed by atoms with E-state index in [0.29, 0.717) is 19.1 Å². The van der Waals surface area contributed by atoms with Gasteiger partial charge in [0, 0.05) is 31.5 Å². The highest BCUT2D eigenvalue weighted by Gasteiger charge is 2.20. The Hall–Kier alpha value is -2.27. The van der Waals surface area contributed by atoms with Crippen LogP contribution in [0.25, 0.3) is 0 Å². The minimum Gasteiger partial charge on any atom is -0.493 e. The molecule has 0 amide bonds. The molecule has 0 aliphatic heterocycles. The van der Waals surface area contributed by atoms with Gasteiger partial charge in [-0.1, -0.05) is 32.6 Å². The van der Waals surface area contributed by atoms with E-state index in [4.69, 9.17) is 9.47 Å². The van der Waals surface area contributed by atoms with E-state index in [2.05, 4.69) is 41.4 Å². The molecule has 5 nitrogen and oxygen atoms in total. The maximum absolute atomic E-state index is 5.94. The minimum absolute atomic E-state index is 0.153. The van der Waals surface area contributed by atoms with E-state index in [-0.39, 0.29) is 6.04 Å². The summed E-state index contributed by atoms with van der Waals surface area (Å²) in [6, 6.07) is 6.10. The van der Waals surface area contributed by atoms with Crippen LogP contribution in [0.1, 0.15) is 38.2 Å². The van der Waals surface area contributed by atoms with Crippen molar-refractivity contribution in [2.45, 2.75) is 33.4 Å². The summed E-state index contributed by atoms with van der Waals surface area (Å²) in [7, 11) is 3.68. The monoisotopic (exact) mass is 343 g/mol. The van der Waals surface area contributed by atoms with Crippen molar-refractivity contribution in [1.82, 2.24) is 14.9 Å². The third-order valence-corrected chi connectivity index (χ3v) is 4.06. The molecule has 0 bridgehead atoms. The maximum Gasteiger partial charge on any atom is 0.166 e. The Balaban J connectivity index is 2.20. The molecule has 1 aromatic carbocycles. The van der Waals surface area contributed by atoms with Crippen molar-refractivity contribution in [3.8, 4) is 11.5 Å². The van der Waals surface area contributed by atoms with Crippen molar-refractivity contribution >= 4 is 0 Å². The fourth-order valence-electron chi connectivity index (χ4n) is 2.74. The summed E-state index contributed by atoms with van der Waals surface area (Å²) in [4.78, 5) is 4.50. The molecular weight excluding hydrogens is 314 g/mol. The van der Waals surface area contributed by atoms with E-state index in [1.54, 1.807) is 7.11 Å². The zero-order valence-electron chi connectivity index (χ0n) is 15.9. The molecule has 5 heteroatoms. The number of nitrogens with zero attached hydrogens (tertiary/aromatic N) is 2. The largest absolute Gasteiger partial charge is 0.493 e. The Kier molecular flexibility index (Phi) is 6.65. The lowest BCUT2D eigenvalue weighted by Gasteiger charge is -2.23. The van der Waals surface area contributed by atoms with Crippen LogP contribution in [0.15, 0.2) is 42.7 Å². The number of para-hydroxylation sites is 1. The van der Waals surface area contributed by atoms with Crippen LogP contribution in [0.4, 0.5) is 0 Å². The molecular formula is C20H29N3O2. The van der Waals surface area contributed by atoms with E-state index < -0.39 is 0 Å². The average molecular weight is 343 g/mol. The standard InChI is InChI=1S/C20H29N3O2/c1-14(2)13-25-19-16(8-7-9-17(19)24-6)12-22-18(15(3)4)20-21-10-11-23(20)5/h7-11,15,18,22H,1,12-13H2,2-6H3. The van der Waals surface area contributed by atoms with Gasteiger partial charge < -0.3 is 19.4 Å². The first-order valence-corrected chi connectivity index (χ1v) is 8.57. The van der Waals surface area contributed by atoms with Gasteiger partial charge in [0.05, 0.1) is 13.2 Å². The number of ether oxygens (including phenoxy) is 2. The van der Waals surface area contributed by atoms with Gasteiger partial charge in [-0.15, -0.1) is 0 Å². The van der Waals surface area contributed by atoms with Crippen LogP contribution in [0.2, 0.25) is 0 Å². The molecule has 0 spiro atoms. The van der Waals surface area contributed by atoms with E-state index in [1.165, 1.54) is 0 Å². The lowest BCUT2D eigenvalue weighted by Crippen LogP contribution is -2.28. The second kappa shape index (κ2) is 8.72. The molecule has 1 unspecified atom stereocenters. The van der Waals surface area contributed by atoms with E-state index in [1.807, 2.05) is 38.5 Å². The van der Waals surface area contributed by atoms with Gasteiger partial charge in [0.1, 0.15) is 12.4 Å². The van der Waals surface area contributed by atoms with E-state index in [9.17, 15) is 0 Å². The Morgan fingerprint density at radius 1 is 1.36 bits per heavy atom. The lowest BCUT2D eigenvalue weighted by atomic mass is 10.0. The van der Waals surface area contributed by atoms with Crippen molar-refractivity contribution in [2.24, 2.45) is 13.0 Å². The first kappa shape index (κ1) is 19.1. The molecule has 0 aliphatic carbocycles. The van der Waals surface area contributed by atoms with Gasteiger partial charge in [-0.2, -0.15) is 0 Å². The molecule has 1 atom stereocenters. The number of hydrogen-bond acceptors (Lipinski definition) is 4. The van der Waals surface area contributed by atoms with Gasteiger partial charge >= 0.3 is 0 Å². The molecule has 2 aromatic rings. The van der Waals surface area contributed by atoms with E-state index in [0.717, 1.165) is 28.5 Å². The third kappa shape index (κ3) is 4.86.